The van der Waals surface area contributed by atoms with Crippen LogP contribution < -0.4 is 10.6 Å². The topological polar surface area (TPSA) is 91.3 Å². The molecular weight excluding hydrogens is 254 g/mol. The van der Waals surface area contributed by atoms with Gasteiger partial charge in [-0.05, 0) is 5.41 Å². The van der Waals surface area contributed by atoms with Crippen LogP contribution in [-0.2, 0) is 11.3 Å². The van der Waals surface area contributed by atoms with E-state index in [1.165, 1.54) is 11.3 Å². The first-order chi connectivity index (χ1) is 8.30. The smallest absolute Gasteiger partial charge is 0.326 e. The van der Waals surface area contributed by atoms with Gasteiger partial charge in [-0.15, -0.1) is 11.3 Å². The van der Waals surface area contributed by atoms with Crippen LogP contribution in [0.5, 0.6) is 0 Å². The van der Waals surface area contributed by atoms with Gasteiger partial charge in [-0.3, -0.25) is 0 Å². The van der Waals surface area contributed by atoms with Gasteiger partial charge in [-0.2, -0.15) is 0 Å². The fourth-order valence-corrected chi connectivity index (χ4v) is 1.88. The van der Waals surface area contributed by atoms with E-state index in [1.807, 2.05) is 5.38 Å². The van der Waals surface area contributed by atoms with Crippen molar-refractivity contribution < 1.29 is 14.7 Å². The van der Waals surface area contributed by atoms with Gasteiger partial charge >= 0.3 is 12.0 Å². The predicted octanol–water partition coefficient (Wildman–Crippen LogP) is 1.44. The number of urea groups is 1. The van der Waals surface area contributed by atoms with Gasteiger partial charge in [-0.25, -0.2) is 14.6 Å². The summed E-state index contributed by atoms with van der Waals surface area (Å²) in [6, 6.07) is -1.44. The van der Waals surface area contributed by atoms with Gasteiger partial charge in [0.2, 0.25) is 0 Å². The molecule has 1 atom stereocenters. The molecule has 18 heavy (non-hydrogen) atoms. The monoisotopic (exact) mass is 271 g/mol. The van der Waals surface area contributed by atoms with Crippen LogP contribution in [0.1, 0.15) is 25.8 Å². The zero-order valence-corrected chi connectivity index (χ0v) is 11.4. The number of aromatic nitrogens is 1. The first-order valence-electron chi connectivity index (χ1n) is 5.46. The third-order valence-electron chi connectivity index (χ3n) is 2.27. The Morgan fingerprint density at radius 3 is 2.61 bits per heavy atom. The molecule has 0 radical (unpaired) electrons. The van der Waals surface area contributed by atoms with Crippen LogP contribution in [0.3, 0.4) is 0 Å². The van der Waals surface area contributed by atoms with Crippen LogP contribution in [0.2, 0.25) is 0 Å². The van der Waals surface area contributed by atoms with Crippen molar-refractivity contribution >= 4 is 23.3 Å². The molecule has 0 bridgehead atoms. The molecule has 0 fully saturated rings. The Morgan fingerprint density at radius 2 is 2.17 bits per heavy atom. The normalized spacial score (nSPS) is 12.8. The maximum absolute atomic E-state index is 11.6. The number of amides is 2. The zero-order valence-electron chi connectivity index (χ0n) is 10.6. The van der Waals surface area contributed by atoms with E-state index in [1.54, 1.807) is 27.0 Å². The Kier molecular flexibility index (Phi) is 4.66. The molecule has 0 aliphatic rings. The van der Waals surface area contributed by atoms with E-state index in [9.17, 15) is 9.59 Å². The van der Waals surface area contributed by atoms with Gasteiger partial charge in [0.25, 0.3) is 0 Å². The molecule has 3 N–H and O–H groups in total. The van der Waals surface area contributed by atoms with E-state index >= 15 is 0 Å². The molecular formula is C11H17N3O3S. The summed E-state index contributed by atoms with van der Waals surface area (Å²) in [5.74, 6) is -1.05. The maximum atomic E-state index is 11.6. The lowest BCUT2D eigenvalue weighted by Crippen LogP contribution is -2.52. The molecule has 2 amide bonds. The minimum absolute atomic E-state index is 0.292. The third kappa shape index (κ3) is 4.33. The molecule has 0 unspecified atom stereocenters. The first kappa shape index (κ1) is 14.4. The van der Waals surface area contributed by atoms with Gasteiger partial charge in [0, 0.05) is 11.6 Å². The number of carboxylic acids is 1. The second-order valence-corrected chi connectivity index (χ2v) is 5.87. The minimum Gasteiger partial charge on any atom is -0.480 e. The van der Waals surface area contributed by atoms with E-state index in [4.69, 9.17) is 5.11 Å². The average molecular weight is 271 g/mol. The number of hydrogen-bond donors (Lipinski definition) is 3. The molecule has 0 aliphatic heterocycles. The number of carbonyl (C=O) groups is 2. The van der Waals surface area contributed by atoms with E-state index in [0.29, 0.717) is 6.54 Å². The summed E-state index contributed by atoms with van der Waals surface area (Å²) >= 11 is 1.43. The van der Waals surface area contributed by atoms with Crippen molar-refractivity contribution in [2.24, 2.45) is 5.41 Å². The van der Waals surface area contributed by atoms with Gasteiger partial charge in [0.15, 0.2) is 0 Å². The van der Waals surface area contributed by atoms with Crippen molar-refractivity contribution in [2.45, 2.75) is 33.4 Å². The highest BCUT2D eigenvalue weighted by molar-refractivity contribution is 7.09. The van der Waals surface area contributed by atoms with Crippen LogP contribution in [0.4, 0.5) is 4.79 Å². The number of aliphatic carboxylic acids is 1. The Morgan fingerprint density at radius 1 is 1.50 bits per heavy atom. The molecule has 1 aromatic rings. The number of thiazole rings is 1. The summed E-state index contributed by atoms with van der Waals surface area (Å²) < 4.78 is 0. The SMILES string of the molecule is CC(C)(C)[C@@H](NC(=O)NCc1nccs1)C(=O)O. The van der Waals surface area contributed by atoms with Crippen molar-refractivity contribution in [3.63, 3.8) is 0 Å². The lowest BCUT2D eigenvalue weighted by Gasteiger charge is -2.27. The Labute approximate surface area is 109 Å². The Balaban J connectivity index is 2.49. The van der Waals surface area contributed by atoms with E-state index in [2.05, 4.69) is 15.6 Å². The van der Waals surface area contributed by atoms with Crippen molar-refractivity contribution in [3.8, 4) is 0 Å². The quantitative estimate of drug-likeness (QED) is 0.772. The van der Waals surface area contributed by atoms with Gasteiger partial charge in [0.05, 0.1) is 6.54 Å². The van der Waals surface area contributed by atoms with Gasteiger partial charge in [0.1, 0.15) is 11.0 Å². The van der Waals surface area contributed by atoms with Crippen LogP contribution in [-0.4, -0.2) is 28.1 Å². The summed E-state index contributed by atoms with van der Waals surface area (Å²) in [5, 5.41) is 16.7. The van der Waals surface area contributed by atoms with Crippen molar-refractivity contribution in [1.82, 2.24) is 15.6 Å². The van der Waals surface area contributed by atoms with Crippen LogP contribution in [0.25, 0.3) is 0 Å². The van der Waals surface area contributed by atoms with Crippen LogP contribution in [0.15, 0.2) is 11.6 Å². The maximum Gasteiger partial charge on any atom is 0.326 e. The predicted molar refractivity (Wildman–Crippen MR) is 68.4 cm³/mol. The summed E-state index contributed by atoms with van der Waals surface area (Å²) in [5.41, 5.74) is -0.551. The molecule has 0 saturated carbocycles. The molecule has 1 heterocycles. The standard InChI is InChI=1S/C11H17N3O3S/c1-11(2,3)8(9(15)16)14-10(17)13-6-7-12-4-5-18-7/h4-5,8H,6H2,1-3H3,(H,15,16)(H2,13,14,17)/t8-/m0/s1. The zero-order chi connectivity index (χ0) is 13.8. The van der Waals surface area contributed by atoms with Crippen LogP contribution in [0, 0.1) is 5.41 Å². The summed E-state index contributed by atoms with van der Waals surface area (Å²) in [7, 11) is 0. The molecule has 100 valence electrons. The number of rotatable bonds is 4. The van der Waals surface area contributed by atoms with Crippen molar-refractivity contribution in [3.05, 3.63) is 16.6 Å². The summed E-state index contributed by atoms with van der Waals surface area (Å²) in [6.45, 7) is 5.56. The number of nitrogens with one attached hydrogen (secondary N) is 2. The molecule has 0 aliphatic carbocycles. The third-order valence-corrected chi connectivity index (χ3v) is 3.05. The summed E-state index contributed by atoms with van der Waals surface area (Å²) in [4.78, 5) is 26.7. The number of hydrogen-bond acceptors (Lipinski definition) is 4. The molecule has 0 aromatic carbocycles. The van der Waals surface area contributed by atoms with Gasteiger partial charge in [-0.1, -0.05) is 20.8 Å². The van der Waals surface area contributed by atoms with Crippen molar-refractivity contribution in [2.75, 3.05) is 0 Å². The van der Waals surface area contributed by atoms with E-state index in [0.717, 1.165) is 5.01 Å². The number of carboxylic acid groups (broad SMARTS) is 1. The molecule has 1 rings (SSSR count). The lowest BCUT2D eigenvalue weighted by atomic mass is 9.87. The van der Waals surface area contributed by atoms with E-state index in [-0.39, 0.29) is 0 Å². The number of carbonyl (C=O) groups excluding carboxylic acids is 1. The lowest BCUT2D eigenvalue weighted by molar-refractivity contribution is -0.141. The Bertz CT molecular complexity index is 412. The Hall–Kier alpha value is -1.63. The highest BCUT2D eigenvalue weighted by atomic mass is 32.1. The molecule has 1 aromatic heterocycles. The highest BCUT2D eigenvalue weighted by Gasteiger charge is 2.32. The molecule has 6 nitrogen and oxygen atoms in total. The largest absolute Gasteiger partial charge is 0.480 e. The fourth-order valence-electron chi connectivity index (χ4n) is 1.33. The van der Waals surface area contributed by atoms with Gasteiger partial charge < -0.3 is 15.7 Å². The van der Waals surface area contributed by atoms with E-state index < -0.39 is 23.5 Å². The number of nitrogens with zero attached hydrogens (tertiary/aromatic N) is 1. The molecule has 0 saturated heterocycles. The second-order valence-electron chi connectivity index (χ2n) is 4.89. The summed E-state index contributed by atoms with van der Waals surface area (Å²) in [6.07, 6.45) is 1.65. The minimum atomic E-state index is -1.05. The molecule has 0 spiro atoms. The second kappa shape index (κ2) is 5.81. The fraction of sp³-hybridized carbons (Fsp3) is 0.545. The highest BCUT2D eigenvalue weighted by Crippen LogP contribution is 2.19. The van der Waals surface area contributed by atoms with Crippen LogP contribution >= 0.6 is 11.3 Å². The van der Waals surface area contributed by atoms with Crippen molar-refractivity contribution in [1.29, 1.82) is 0 Å². The first-order valence-corrected chi connectivity index (χ1v) is 6.34. The molecule has 7 heteroatoms. The average Bonchev–Trinajstić information content (AvgIpc) is 2.73.